The second-order valence-electron chi connectivity index (χ2n) is 5.67. The van der Waals surface area contributed by atoms with Crippen molar-refractivity contribution in [3.05, 3.63) is 78.0 Å². The minimum absolute atomic E-state index is 0.259. The Morgan fingerprint density at radius 1 is 1.04 bits per heavy atom. The number of benzene rings is 1. The summed E-state index contributed by atoms with van der Waals surface area (Å²) in [6.45, 7) is 1.30. The molecule has 0 bridgehead atoms. The molecule has 0 spiro atoms. The molecule has 0 saturated heterocycles. The van der Waals surface area contributed by atoms with Crippen LogP contribution in [0.25, 0.3) is 16.8 Å². The predicted molar refractivity (Wildman–Crippen MR) is 91.0 cm³/mol. The maximum Gasteiger partial charge on any atom is 0.183 e. The van der Waals surface area contributed by atoms with Crippen LogP contribution in [-0.2, 0) is 13.1 Å². The fourth-order valence-electron chi connectivity index (χ4n) is 2.69. The summed E-state index contributed by atoms with van der Waals surface area (Å²) in [5, 5.41) is 15.2. The second kappa shape index (κ2) is 6.74. The Labute approximate surface area is 143 Å². The zero-order valence-electron chi connectivity index (χ0n) is 13.3. The average Bonchev–Trinajstić information content (AvgIpc) is 3.12. The summed E-state index contributed by atoms with van der Waals surface area (Å²) in [5.74, 6) is -0.259. The van der Waals surface area contributed by atoms with E-state index in [0.717, 1.165) is 22.3 Å². The Balaban J connectivity index is 1.61. The number of nitrogens with one attached hydrogen (secondary N) is 1. The average molecular weight is 334 g/mol. The van der Waals surface area contributed by atoms with Crippen molar-refractivity contribution in [3.63, 3.8) is 0 Å². The lowest BCUT2D eigenvalue weighted by Crippen LogP contribution is -2.14. The van der Waals surface area contributed by atoms with Gasteiger partial charge in [0, 0.05) is 42.8 Å². The molecule has 6 nitrogen and oxygen atoms in total. The van der Waals surface area contributed by atoms with E-state index in [9.17, 15) is 4.39 Å². The first-order chi connectivity index (χ1) is 12.3. The van der Waals surface area contributed by atoms with Gasteiger partial charge in [0.05, 0.1) is 0 Å². The number of pyridine rings is 2. The highest BCUT2D eigenvalue weighted by Crippen LogP contribution is 2.22. The fourth-order valence-corrected chi connectivity index (χ4v) is 2.69. The summed E-state index contributed by atoms with van der Waals surface area (Å²) >= 11 is 0. The van der Waals surface area contributed by atoms with E-state index in [0.29, 0.717) is 18.7 Å². The SMILES string of the molecule is Fc1ccc(-c2cc(CNCc3cccnc3)c3nnnn3c2)cc1. The molecule has 25 heavy (non-hydrogen) atoms. The van der Waals surface area contributed by atoms with Crippen molar-refractivity contribution in [2.45, 2.75) is 13.1 Å². The number of halogens is 1. The van der Waals surface area contributed by atoms with Gasteiger partial charge in [-0.15, -0.1) is 5.10 Å². The Hall–Kier alpha value is -3.19. The van der Waals surface area contributed by atoms with Crippen molar-refractivity contribution < 1.29 is 4.39 Å². The standard InChI is InChI=1S/C18H15FN6/c19-17-5-3-14(4-6-17)16-8-15(18-22-23-24-25(18)12-16)11-21-10-13-2-1-7-20-9-13/h1-9,12,21H,10-11H2. The van der Waals surface area contributed by atoms with Gasteiger partial charge in [-0.25, -0.2) is 4.39 Å². The van der Waals surface area contributed by atoms with Crippen LogP contribution in [0.1, 0.15) is 11.1 Å². The van der Waals surface area contributed by atoms with Crippen LogP contribution >= 0.6 is 0 Å². The molecule has 0 aliphatic rings. The molecule has 0 aliphatic carbocycles. The monoisotopic (exact) mass is 334 g/mol. The molecule has 0 unspecified atom stereocenters. The van der Waals surface area contributed by atoms with Gasteiger partial charge in [0.1, 0.15) is 5.82 Å². The fraction of sp³-hybridized carbons (Fsp3) is 0.111. The zero-order chi connectivity index (χ0) is 17.1. The number of hydrogen-bond donors (Lipinski definition) is 1. The quantitative estimate of drug-likeness (QED) is 0.608. The molecular formula is C18H15FN6. The third kappa shape index (κ3) is 3.36. The topological polar surface area (TPSA) is 68.0 Å². The van der Waals surface area contributed by atoms with E-state index in [1.807, 2.05) is 30.6 Å². The number of rotatable bonds is 5. The molecule has 0 radical (unpaired) electrons. The molecule has 0 amide bonds. The van der Waals surface area contributed by atoms with Crippen LogP contribution in [-0.4, -0.2) is 25.0 Å². The number of fused-ring (bicyclic) bond motifs is 1. The van der Waals surface area contributed by atoms with Crippen LogP contribution in [0, 0.1) is 5.82 Å². The number of tetrazole rings is 1. The van der Waals surface area contributed by atoms with Gasteiger partial charge in [-0.2, -0.15) is 4.52 Å². The summed E-state index contributed by atoms with van der Waals surface area (Å²) < 4.78 is 14.8. The predicted octanol–water partition coefficient (Wildman–Crippen LogP) is 2.62. The van der Waals surface area contributed by atoms with Crippen molar-refractivity contribution in [2.24, 2.45) is 0 Å². The highest BCUT2D eigenvalue weighted by atomic mass is 19.1. The Kier molecular flexibility index (Phi) is 4.14. The molecule has 3 heterocycles. The minimum Gasteiger partial charge on any atom is -0.308 e. The van der Waals surface area contributed by atoms with Gasteiger partial charge in [-0.3, -0.25) is 4.98 Å². The summed E-state index contributed by atoms with van der Waals surface area (Å²) in [5.41, 5.74) is 4.61. The Morgan fingerprint density at radius 2 is 1.92 bits per heavy atom. The molecule has 0 atom stereocenters. The first-order valence-corrected chi connectivity index (χ1v) is 7.86. The zero-order valence-corrected chi connectivity index (χ0v) is 13.3. The van der Waals surface area contributed by atoms with Gasteiger partial charge in [-0.05, 0) is 45.8 Å². The maximum atomic E-state index is 13.2. The van der Waals surface area contributed by atoms with Crippen molar-refractivity contribution >= 4 is 5.65 Å². The second-order valence-corrected chi connectivity index (χ2v) is 5.67. The number of nitrogens with zero attached hydrogens (tertiary/aromatic N) is 5. The van der Waals surface area contributed by atoms with E-state index in [-0.39, 0.29) is 5.82 Å². The number of aromatic nitrogens is 5. The maximum absolute atomic E-state index is 13.2. The summed E-state index contributed by atoms with van der Waals surface area (Å²) in [6, 6.07) is 12.3. The third-order valence-electron chi connectivity index (χ3n) is 3.92. The van der Waals surface area contributed by atoms with Crippen molar-refractivity contribution in [1.29, 1.82) is 0 Å². The normalized spacial score (nSPS) is 11.1. The Morgan fingerprint density at radius 3 is 2.72 bits per heavy atom. The van der Waals surface area contributed by atoms with Crippen molar-refractivity contribution in [1.82, 2.24) is 30.3 Å². The van der Waals surface area contributed by atoms with Gasteiger partial charge in [0.25, 0.3) is 0 Å². The Bertz CT molecular complexity index is 982. The van der Waals surface area contributed by atoms with Crippen LogP contribution in [0.5, 0.6) is 0 Å². The van der Waals surface area contributed by atoms with E-state index in [1.165, 1.54) is 12.1 Å². The largest absolute Gasteiger partial charge is 0.308 e. The van der Waals surface area contributed by atoms with Crippen LogP contribution in [0.4, 0.5) is 4.39 Å². The molecule has 0 aliphatic heterocycles. The van der Waals surface area contributed by atoms with Crippen LogP contribution in [0.3, 0.4) is 0 Å². The molecule has 3 aromatic heterocycles. The summed E-state index contributed by atoms with van der Waals surface area (Å²) in [4.78, 5) is 4.11. The molecule has 1 aromatic carbocycles. The molecule has 4 aromatic rings. The molecule has 7 heteroatoms. The molecule has 0 saturated carbocycles. The molecule has 4 rings (SSSR count). The van der Waals surface area contributed by atoms with Gasteiger partial charge in [0.2, 0.25) is 0 Å². The van der Waals surface area contributed by atoms with Crippen molar-refractivity contribution in [2.75, 3.05) is 0 Å². The van der Waals surface area contributed by atoms with Gasteiger partial charge < -0.3 is 5.32 Å². The lowest BCUT2D eigenvalue weighted by atomic mass is 10.1. The lowest BCUT2D eigenvalue weighted by Gasteiger charge is -2.09. The van der Waals surface area contributed by atoms with Crippen LogP contribution < -0.4 is 5.32 Å². The van der Waals surface area contributed by atoms with E-state index >= 15 is 0 Å². The number of hydrogen-bond acceptors (Lipinski definition) is 5. The van der Waals surface area contributed by atoms with Gasteiger partial charge in [-0.1, -0.05) is 18.2 Å². The van der Waals surface area contributed by atoms with E-state index < -0.39 is 0 Å². The highest BCUT2D eigenvalue weighted by Gasteiger charge is 2.09. The van der Waals surface area contributed by atoms with E-state index in [4.69, 9.17) is 0 Å². The smallest absolute Gasteiger partial charge is 0.183 e. The summed E-state index contributed by atoms with van der Waals surface area (Å²) in [6.07, 6.45) is 5.42. The minimum atomic E-state index is -0.259. The molecular weight excluding hydrogens is 319 g/mol. The van der Waals surface area contributed by atoms with E-state index in [2.05, 4.69) is 25.8 Å². The van der Waals surface area contributed by atoms with Gasteiger partial charge >= 0.3 is 0 Å². The molecule has 1 N–H and O–H groups in total. The first-order valence-electron chi connectivity index (χ1n) is 7.86. The van der Waals surface area contributed by atoms with Crippen molar-refractivity contribution in [3.8, 4) is 11.1 Å². The molecule has 124 valence electrons. The third-order valence-corrected chi connectivity index (χ3v) is 3.92. The van der Waals surface area contributed by atoms with Gasteiger partial charge in [0.15, 0.2) is 5.65 Å². The molecule has 0 fully saturated rings. The van der Waals surface area contributed by atoms with Crippen LogP contribution in [0.2, 0.25) is 0 Å². The first kappa shape index (κ1) is 15.3. The highest BCUT2D eigenvalue weighted by molar-refractivity contribution is 5.66. The lowest BCUT2D eigenvalue weighted by molar-refractivity contribution is 0.628. The summed E-state index contributed by atoms with van der Waals surface area (Å²) in [7, 11) is 0. The van der Waals surface area contributed by atoms with Crippen LogP contribution in [0.15, 0.2) is 61.1 Å². The van der Waals surface area contributed by atoms with E-state index in [1.54, 1.807) is 22.8 Å².